The molecule has 0 bridgehead atoms. The van der Waals surface area contributed by atoms with E-state index in [-0.39, 0.29) is 6.03 Å². The molecule has 0 saturated heterocycles. The number of halogens is 1. The molecule has 0 fully saturated rings. The average molecular weight is 318 g/mol. The Hall–Kier alpha value is -2.07. The third-order valence-electron chi connectivity index (χ3n) is 3.47. The van der Waals surface area contributed by atoms with E-state index in [9.17, 15) is 4.79 Å². The third-order valence-corrected chi connectivity index (χ3v) is 3.83. The van der Waals surface area contributed by atoms with Gasteiger partial charge >= 0.3 is 6.03 Å². The zero-order valence-corrected chi connectivity index (χ0v) is 13.6. The summed E-state index contributed by atoms with van der Waals surface area (Å²) in [6, 6.07) is 9.19. The van der Waals surface area contributed by atoms with E-state index in [1.807, 2.05) is 37.3 Å². The molecular formula is C17H20ClN3O. The number of carbonyl (C=O) groups is 1. The molecule has 0 saturated carbocycles. The SMILES string of the molecule is CCc1ccc(Cl)c(CC)c1NC(=O)NCc1ccccn1. The molecule has 4 nitrogen and oxygen atoms in total. The minimum atomic E-state index is -0.252. The molecule has 1 heterocycles. The van der Waals surface area contributed by atoms with Crippen LogP contribution in [0.3, 0.4) is 0 Å². The Kier molecular flexibility index (Phi) is 5.78. The number of hydrogen-bond donors (Lipinski definition) is 2. The van der Waals surface area contributed by atoms with E-state index in [1.165, 1.54) is 0 Å². The highest BCUT2D eigenvalue weighted by Gasteiger charge is 2.13. The lowest BCUT2D eigenvalue weighted by Gasteiger charge is -2.16. The van der Waals surface area contributed by atoms with Crippen LogP contribution < -0.4 is 10.6 Å². The number of hydrogen-bond acceptors (Lipinski definition) is 2. The van der Waals surface area contributed by atoms with Gasteiger partial charge < -0.3 is 10.6 Å². The van der Waals surface area contributed by atoms with Crippen molar-refractivity contribution in [1.82, 2.24) is 10.3 Å². The molecule has 1 aromatic heterocycles. The van der Waals surface area contributed by atoms with Crippen LogP contribution in [0.15, 0.2) is 36.5 Å². The average Bonchev–Trinajstić information content (AvgIpc) is 2.54. The van der Waals surface area contributed by atoms with Crippen molar-refractivity contribution in [2.24, 2.45) is 0 Å². The van der Waals surface area contributed by atoms with Gasteiger partial charge in [0.2, 0.25) is 0 Å². The van der Waals surface area contributed by atoms with E-state index >= 15 is 0 Å². The summed E-state index contributed by atoms with van der Waals surface area (Å²) >= 11 is 6.23. The van der Waals surface area contributed by atoms with Crippen molar-refractivity contribution in [3.8, 4) is 0 Å². The van der Waals surface area contributed by atoms with Gasteiger partial charge in [0.05, 0.1) is 17.9 Å². The van der Waals surface area contributed by atoms with E-state index in [4.69, 9.17) is 11.6 Å². The number of rotatable bonds is 5. The molecule has 116 valence electrons. The number of pyridine rings is 1. The quantitative estimate of drug-likeness (QED) is 0.869. The summed E-state index contributed by atoms with van der Waals surface area (Å²) in [5.41, 5.74) is 3.68. The van der Waals surface area contributed by atoms with E-state index in [1.54, 1.807) is 6.20 Å². The summed E-state index contributed by atoms with van der Waals surface area (Å²) in [5, 5.41) is 6.42. The molecule has 0 unspecified atom stereocenters. The molecule has 2 N–H and O–H groups in total. The van der Waals surface area contributed by atoms with Crippen molar-refractivity contribution in [3.63, 3.8) is 0 Å². The lowest BCUT2D eigenvalue weighted by Crippen LogP contribution is -2.29. The lowest BCUT2D eigenvalue weighted by molar-refractivity contribution is 0.251. The monoisotopic (exact) mass is 317 g/mol. The Labute approximate surface area is 135 Å². The van der Waals surface area contributed by atoms with Crippen LogP contribution in [0, 0.1) is 0 Å². The first-order valence-corrected chi connectivity index (χ1v) is 7.78. The van der Waals surface area contributed by atoms with Gasteiger partial charge in [0.1, 0.15) is 0 Å². The van der Waals surface area contributed by atoms with Crippen LogP contribution in [0.4, 0.5) is 10.5 Å². The number of aromatic nitrogens is 1. The van der Waals surface area contributed by atoms with Gasteiger partial charge in [-0.1, -0.05) is 37.6 Å². The second kappa shape index (κ2) is 7.80. The second-order valence-corrected chi connectivity index (χ2v) is 5.30. The zero-order valence-electron chi connectivity index (χ0n) is 12.8. The van der Waals surface area contributed by atoms with Crippen molar-refractivity contribution in [2.45, 2.75) is 33.2 Å². The van der Waals surface area contributed by atoms with Gasteiger partial charge in [-0.25, -0.2) is 4.79 Å². The molecule has 0 aliphatic rings. The lowest BCUT2D eigenvalue weighted by atomic mass is 10.0. The van der Waals surface area contributed by atoms with E-state index in [0.717, 1.165) is 35.3 Å². The minimum Gasteiger partial charge on any atom is -0.332 e. The van der Waals surface area contributed by atoms with Gasteiger partial charge in [-0.05, 0) is 42.2 Å². The Morgan fingerprint density at radius 3 is 2.64 bits per heavy atom. The normalized spacial score (nSPS) is 10.3. The Morgan fingerprint density at radius 2 is 2.00 bits per heavy atom. The number of carbonyl (C=O) groups excluding carboxylic acids is 1. The number of anilines is 1. The molecule has 0 aliphatic carbocycles. The molecule has 22 heavy (non-hydrogen) atoms. The van der Waals surface area contributed by atoms with Gasteiger partial charge in [-0.15, -0.1) is 0 Å². The Morgan fingerprint density at radius 1 is 1.18 bits per heavy atom. The first kappa shape index (κ1) is 16.3. The maximum Gasteiger partial charge on any atom is 0.319 e. The van der Waals surface area contributed by atoms with Crippen LogP contribution in [0.2, 0.25) is 5.02 Å². The summed E-state index contributed by atoms with van der Waals surface area (Å²) in [5.74, 6) is 0. The molecule has 2 aromatic rings. The van der Waals surface area contributed by atoms with Crippen LogP contribution >= 0.6 is 11.6 Å². The summed E-state index contributed by atoms with van der Waals surface area (Å²) in [6.07, 6.45) is 3.30. The molecule has 2 amide bonds. The Balaban J connectivity index is 2.09. The first-order chi connectivity index (χ1) is 10.7. The van der Waals surface area contributed by atoms with E-state index in [2.05, 4.69) is 22.5 Å². The van der Waals surface area contributed by atoms with Gasteiger partial charge in [0.15, 0.2) is 0 Å². The highest BCUT2D eigenvalue weighted by atomic mass is 35.5. The van der Waals surface area contributed by atoms with Crippen molar-refractivity contribution >= 4 is 23.3 Å². The fourth-order valence-corrected chi connectivity index (χ4v) is 2.59. The summed E-state index contributed by atoms with van der Waals surface area (Å²) < 4.78 is 0. The summed E-state index contributed by atoms with van der Waals surface area (Å²) in [6.45, 7) is 4.47. The van der Waals surface area contributed by atoms with Crippen LogP contribution in [-0.2, 0) is 19.4 Å². The number of nitrogens with one attached hydrogen (secondary N) is 2. The number of aryl methyl sites for hydroxylation is 1. The first-order valence-electron chi connectivity index (χ1n) is 7.40. The van der Waals surface area contributed by atoms with Crippen LogP contribution in [0.5, 0.6) is 0 Å². The van der Waals surface area contributed by atoms with Gasteiger partial charge in [0, 0.05) is 11.2 Å². The molecule has 0 aliphatic heterocycles. The molecule has 5 heteroatoms. The van der Waals surface area contributed by atoms with Crippen molar-refractivity contribution in [3.05, 3.63) is 58.4 Å². The number of benzene rings is 1. The van der Waals surface area contributed by atoms with E-state index < -0.39 is 0 Å². The Bertz CT molecular complexity index is 644. The summed E-state index contributed by atoms with van der Waals surface area (Å²) in [4.78, 5) is 16.3. The summed E-state index contributed by atoms with van der Waals surface area (Å²) in [7, 11) is 0. The highest BCUT2D eigenvalue weighted by Crippen LogP contribution is 2.29. The molecule has 1 aromatic carbocycles. The molecule has 2 rings (SSSR count). The molecule has 0 atom stereocenters. The van der Waals surface area contributed by atoms with Crippen molar-refractivity contribution in [1.29, 1.82) is 0 Å². The standard InChI is InChI=1S/C17H20ClN3O/c1-3-12-8-9-15(18)14(4-2)16(12)21-17(22)20-11-13-7-5-6-10-19-13/h5-10H,3-4,11H2,1-2H3,(H2,20,21,22). The van der Waals surface area contributed by atoms with Crippen molar-refractivity contribution in [2.75, 3.05) is 5.32 Å². The number of nitrogens with zero attached hydrogens (tertiary/aromatic N) is 1. The molecule has 0 radical (unpaired) electrons. The van der Waals surface area contributed by atoms with E-state index in [0.29, 0.717) is 11.6 Å². The van der Waals surface area contributed by atoms with Crippen molar-refractivity contribution < 1.29 is 4.79 Å². The van der Waals surface area contributed by atoms with Crippen LogP contribution in [0.25, 0.3) is 0 Å². The van der Waals surface area contributed by atoms with Crippen LogP contribution in [0.1, 0.15) is 30.7 Å². The predicted molar refractivity (Wildman–Crippen MR) is 90.3 cm³/mol. The third kappa shape index (κ3) is 3.98. The fourth-order valence-electron chi connectivity index (χ4n) is 2.30. The fraction of sp³-hybridized carbons (Fsp3) is 0.294. The second-order valence-electron chi connectivity index (χ2n) is 4.90. The highest BCUT2D eigenvalue weighted by molar-refractivity contribution is 6.31. The minimum absolute atomic E-state index is 0.252. The molecule has 0 spiro atoms. The predicted octanol–water partition coefficient (Wildman–Crippen LogP) is 4.18. The largest absolute Gasteiger partial charge is 0.332 e. The number of amides is 2. The van der Waals surface area contributed by atoms with Gasteiger partial charge in [-0.3, -0.25) is 4.98 Å². The molecular weight excluding hydrogens is 298 g/mol. The number of urea groups is 1. The topological polar surface area (TPSA) is 54.0 Å². The maximum absolute atomic E-state index is 12.1. The smallest absolute Gasteiger partial charge is 0.319 e. The zero-order chi connectivity index (χ0) is 15.9. The van der Waals surface area contributed by atoms with Gasteiger partial charge in [0.25, 0.3) is 0 Å². The van der Waals surface area contributed by atoms with Gasteiger partial charge in [-0.2, -0.15) is 0 Å². The van der Waals surface area contributed by atoms with Crippen LogP contribution in [-0.4, -0.2) is 11.0 Å². The maximum atomic E-state index is 12.1.